The minimum Gasteiger partial charge on any atom is -0.231 e. The highest BCUT2D eigenvalue weighted by molar-refractivity contribution is 6.30. The van der Waals surface area contributed by atoms with Gasteiger partial charge < -0.3 is 0 Å². The minimum absolute atomic E-state index is 0.713. The van der Waals surface area contributed by atoms with Crippen LogP contribution < -0.4 is 0 Å². The molecule has 3 heteroatoms. The average molecular weight is 280 g/mol. The van der Waals surface area contributed by atoms with Crippen LogP contribution in [0.5, 0.6) is 0 Å². The summed E-state index contributed by atoms with van der Waals surface area (Å²) in [6.45, 7) is 0. The standard InChI is InChI=1S/C17H12ClN2/c18-13-5-3-6-14(10-13)20-11-16-15-7-2-1-4-12(15)8-9-17(16)19-20/h1-7,10H,8-9H2. The minimum atomic E-state index is 0.713. The van der Waals surface area contributed by atoms with E-state index in [-0.39, 0.29) is 0 Å². The van der Waals surface area contributed by atoms with Gasteiger partial charge in [-0.2, -0.15) is 5.10 Å². The summed E-state index contributed by atoms with van der Waals surface area (Å²) in [7, 11) is 0. The zero-order chi connectivity index (χ0) is 13.5. The van der Waals surface area contributed by atoms with E-state index in [0.29, 0.717) is 5.02 Å². The van der Waals surface area contributed by atoms with Crippen LogP contribution in [0.25, 0.3) is 16.8 Å². The van der Waals surface area contributed by atoms with E-state index in [1.807, 2.05) is 24.3 Å². The largest absolute Gasteiger partial charge is 0.231 e. The van der Waals surface area contributed by atoms with Crippen LogP contribution in [0.1, 0.15) is 11.3 Å². The van der Waals surface area contributed by atoms with Crippen LogP contribution in [0.3, 0.4) is 0 Å². The lowest BCUT2D eigenvalue weighted by Gasteiger charge is -2.13. The van der Waals surface area contributed by atoms with Gasteiger partial charge in [-0.3, -0.25) is 0 Å². The normalized spacial score (nSPS) is 12.8. The molecule has 0 saturated carbocycles. The Labute approximate surface area is 122 Å². The number of halogens is 1. The van der Waals surface area contributed by atoms with Crippen LogP contribution in [0.15, 0.2) is 48.5 Å². The average Bonchev–Trinajstić information content (AvgIpc) is 2.92. The van der Waals surface area contributed by atoms with Gasteiger partial charge in [-0.25, -0.2) is 4.68 Å². The molecule has 1 radical (unpaired) electrons. The lowest BCUT2D eigenvalue weighted by atomic mass is 9.90. The van der Waals surface area contributed by atoms with Crippen LogP contribution in [-0.2, 0) is 12.8 Å². The first-order valence-electron chi connectivity index (χ1n) is 6.67. The van der Waals surface area contributed by atoms with Gasteiger partial charge in [0.2, 0.25) is 0 Å². The van der Waals surface area contributed by atoms with E-state index in [0.717, 1.165) is 29.8 Å². The number of nitrogens with zero attached hydrogens (tertiary/aromatic N) is 2. The Morgan fingerprint density at radius 2 is 1.95 bits per heavy atom. The van der Waals surface area contributed by atoms with Gasteiger partial charge in [0.05, 0.1) is 11.4 Å². The number of aromatic nitrogens is 2. The van der Waals surface area contributed by atoms with E-state index in [2.05, 4.69) is 35.6 Å². The lowest BCUT2D eigenvalue weighted by molar-refractivity contribution is 0.812. The second-order valence-corrected chi connectivity index (χ2v) is 5.42. The second-order valence-electron chi connectivity index (χ2n) is 4.98. The molecule has 2 nitrogen and oxygen atoms in total. The summed E-state index contributed by atoms with van der Waals surface area (Å²) < 4.78 is 1.80. The molecule has 0 atom stereocenters. The highest BCUT2D eigenvalue weighted by atomic mass is 35.5. The van der Waals surface area contributed by atoms with Crippen molar-refractivity contribution in [2.75, 3.05) is 0 Å². The smallest absolute Gasteiger partial charge is 0.101 e. The van der Waals surface area contributed by atoms with Crippen molar-refractivity contribution in [3.63, 3.8) is 0 Å². The molecule has 0 amide bonds. The third kappa shape index (κ3) is 1.84. The zero-order valence-corrected chi connectivity index (χ0v) is 11.6. The Hall–Kier alpha value is -2.06. The molecular formula is C17H12ClN2. The van der Waals surface area contributed by atoms with Gasteiger partial charge in [0.1, 0.15) is 6.20 Å². The third-order valence-electron chi connectivity index (χ3n) is 3.70. The molecule has 0 spiro atoms. The molecule has 1 aliphatic rings. The number of hydrogen-bond donors (Lipinski definition) is 0. The molecule has 1 heterocycles. The topological polar surface area (TPSA) is 17.8 Å². The fourth-order valence-corrected chi connectivity index (χ4v) is 2.91. The second kappa shape index (κ2) is 4.50. The van der Waals surface area contributed by atoms with Crippen LogP contribution in [0.2, 0.25) is 5.02 Å². The van der Waals surface area contributed by atoms with Crippen molar-refractivity contribution in [1.82, 2.24) is 9.78 Å². The molecule has 0 N–H and O–H groups in total. The van der Waals surface area contributed by atoms with Gasteiger partial charge in [0.25, 0.3) is 0 Å². The Balaban J connectivity index is 1.86. The summed E-state index contributed by atoms with van der Waals surface area (Å²) in [5, 5.41) is 5.38. The molecule has 20 heavy (non-hydrogen) atoms. The molecule has 3 aromatic rings. The summed E-state index contributed by atoms with van der Waals surface area (Å²) in [4.78, 5) is 0. The highest BCUT2D eigenvalue weighted by Gasteiger charge is 2.19. The maximum absolute atomic E-state index is 6.05. The Morgan fingerprint density at radius 3 is 2.85 bits per heavy atom. The maximum atomic E-state index is 6.05. The summed E-state index contributed by atoms with van der Waals surface area (Å²) in [6, 6.07) is 16.2. The van der Waals surface area contributed by atoms with Crippen molar-refractivity contribution in [3.05, 3.63) is 71.0 Å². The van der Waals surface area contributed by atoms with E-state index in [1.54, 1.807) is 4.68 Å². The molecule has 97 valence electrons. The fraction of sp³-hybridized carbons (Fsp3) is 0.118. The number of aryl methyl sites for hydroxylation is 2. The first-order chi connectivity index (χ1) is 9.81. The van der Waals surface area contributed by atoms with Gasteiger partial charge in [-0.1, -0.05) is 41.9 Å². The Kier molecular flexibility index (Phi) is 2.64. The first kappa shape index (κ1) is 11.7. The number of fused-ring (bicyclic) bond motifs is 3. The molecule has 0 unspecified atom stereocenters. The van der Waals surface area contributed by atoms with Crippen LogP contribution in [0, 0.1) is 6.20 Å². The van der Waals surface area contributed by atoms with Crippen molar-refractivity contribution >= 4 is 11.6 Å². The van der Waals surface area contributed by atoms with Crippen LogP contribution >= 0.6 is 11.6 Å². The molecule has 4 rings (SSSR count). The number of hydrogen-bond acceptors (Lipinski definition) is 1. The molecule has 1 aromatic heterocycles. The summed E-state index contributed by atoms with van der Waals surface area (Å²) >= 11 is 6.05. The zero-order valence-electron chi connectivity index (χ0n) is 10.8. The number of rotatable bonds is 1. The Bertz CT molecular complexity index is 789. The molecule has 0 saturated heterocycles. The fourth-order valence-electron chi connectivity index (χ4n) is 2.72. The third-order valence-corrected chi connectivity index (χ3v) is 3.93. The van der Waals surface area contributed by atoms with E-state index >= 15 is 0 Å². The van der Waals surface area contributed by atoms with Crippen LogP contribution in [0.4, 0.5) is 0 Å². The summed E-state index contributed by atoms with van der Waals surface area (Å²) in [6.07, 6.45) is 5.39. The van der Waals surface area contributed by atoms with Crippen molar-refractivity contribution in [3.8, 4) is 16.8 Å². The Morgan fingerprint density at radius 1 is 1.05 bits per heavy atom. The summed E-state index contributed by atoms with van der Waals surface area (Å²) in [5.74, 6) is 0. The van der Waals surface area contributed by atoms with Crippen molar-refractivity contribution in [2.45, 2.75) is 12.8 Å². The highest BCUT2D eigenvalue weighted by Crippen LogP contribution is 2.32. The molecular weight excluding hydrogens is 268 g/mol. The molecule has 0 fully saturated rings. The molecule has 1 aliphatic carbocycles. The predicted molar refractivity (Wildman–Crippen MR) is 80.3 cm³/mol. The predicted octanol–water partition coefficient (Wildman–Crippen LogP) is 4.09. The van der Waals surface area contributed by atoms with E-state index < -0.39 is 0 Å². The van der Waals surface area contributed by atoms with Gasteiger partial charge in [-0.05, 0) is 42.2 Å². The van der Waals surface area contributed by atoms with Gasteiger partial charge in [0, 0.05) is 10.6 Å². The molecule has 2 aromatic carbocycles. The first-order valence-corrected chi connectivity index (χ1v) is 7.04. The van der Waals surface area contributed by atoms with Gasteiger partial charge in [0.15, 0.2) is 0 Å². The van der Waals surface area contributed by atoms with Crippen LogP contribution in [-0.4, -0.2) is 9.78 Å². The molecule has 0 bridgehead atoms. The van der Waals surface area contributed by atoms with E-state index in [1.165, 1.54) is 11.1 Å². The van der Waals surface area contributed by atoms with Crippen molar-refractivity contribution < 1.29 is 0 Å². The van der Waals surface area contributed by atoms with Crippen molar-refractivity contribution in [1.29, 1.82) is 0 Å². The van der Waals surface area contributed by atoms with Crippen molar-refractivity contribution in [2.24, 2.45) is 0 Å². The quantitative estimate of drug-likeness (QED) is 0.656. The monoisotopic (exact) mass is 279 g/mol. The van der Waals surface area contributed by atoms with Gasteiger partial charge in [-0.15, -0.1) is 0 Å². The number of benzene rings is 2. The maximum Gasteiger partial charge on any atom is 0.101 e. The SMILES string of the molecule is Clc1cccc(-n2[c]c3c(n2)CCc2ccccc2-3)c1. The summed E-state index contributed by atoms with van der Waals surface area (Å²) in [5.41, 5.74) is 5.81. The molecule has 0 aliphatic heterocycles. The lowest BCUT2D eigenvalue weighted by Crippen LogP contribution is -2.02. The van der Waals surface area contributed by atoms with E-state index in [9.17, 15) is 0 Å². The van der Waals surface area contributed by atoms with Gasteiger partial charge >= 0.3 is 0 Å². The van der Waals surface area contributed by atoms with E-state index in [4.69, 9.17) is 11.6 Å².